The molecule has 1 atom stereocenters. The van der Waals surface area contributed by atoms with Crippen LogP contribution in [0.5, 0.6) is 0 Å². The van der Waals surface area contributed by atoms with E-state index >= 15 is 0 Å². The molecule has 45 heavy (non-hydrogen) atoms. The Balaban J connectivity index is 1.63. The largest absolute Gasteiger partial charge is 0.437 e. The summed E-state index contributed by atoms with van der Waals surface area (Å²) in [5.41, 5.74) is -0.861. The van der Waals surface area contributed by atoms with E-state index < -0.39 is 29.2 Å². The van der Waals surface area contributed by atoms with Crippen molar-refractivity contribution in [3.05, 3.63) is 106 Å². The third-order valence-electron chi connectivity index (χ3n) is 6.96. The van der Waals surface area contributed by atoms with Crippen molar-refractivity contribution in [1.82, 2.24) is 29.4 Å². The van der Waals surface area contributed by atoms with Gasteiger partial charge in [-0.15, -0.1) is 0 Å². The second kappa shape index (κ2) is 11.6. The fraction of sp³-hybridized carbons (Fsp3) is 0.258. The third-order valence-corrected chi connectivity index (χ3v) is 6.96. The van der Waals surface area contributed by atoms with Crippen molar-refractivity contribution in [3.8, 4) is 28.8 Å². The van der Waals surface area contributed by atoms with Crippen LogP contribution in [0.3, 0.4) is 0 Å². The van der Waals surface area contributed by atoms with Crippen molar-refractivity contribution < 1.29 is 26.9 Å². The molecule has 5 aromatic rings. The summed E-state index contributed by atoms with van der Waals surface area (Å²) in [6.07, 6.45) is -1.61. The minimum Gasteiger partial charge on any atom is -0.437 e. The van der Waals surface area contributed by atoms with Gasteiger partial charge in [0.15, 0.2) is 5.76 Å². The van der Waals surface area contributed by atoms with Crippen LogP contribution < -0.4 is 10.9 Å². The molecular weight excluding hydrogens is 589 g/mol. The number of benzene rings is 2. The number of rotatable bonds is 8. The molecule has 5 rings (SSSR count). The van der Waals surface area contributed by atoms with Crippen LogP contribution in [0.1, 0.15) is 46.1 Å². The first-order valence-electron chi connectivity index (χ1n) is 13.8. The predicted molar refractivity (Wildman–Crippen MR) is 157 cm³/mol. The predicted octanol–water partition coefficient (Wildman–Crippen LogP) is 4.60. The van der Waals surface area contributed by atoms with Gasteiger partial charge in [0.25, 0.3) is 11.5 Å². The van der Waals surface area contributed by atoms with Crippen LogP contribution in [0.2, 0.25) is 0 Å². The van der Waals surface area contributed by atoms with Gasteiger partial charge in [0.2, 0.25) is 5.89 Å². The van der Waals surface area contributed by atoms with Gasteiger partial charge in [0.1, 0.15) is 23.8 Å². The minimum atomic E-state index is -4.65. The second-order valence-electron chi connectivity index (χ2n) is 11.5. The van der Waals surface area contributed by atoms with E-state index in [0.29, 0.717) is 33.7 Å². The van der Waals surface area contributed by atoms with Crippen molar-refractivity contribution in [2.45, 2.75) is 25.7 Å². The lowest BCUT2D eigenvalue weighted by Crippen LogP contribution is -2.33. The summed E-state index contributed by atoms with van der Waals surface area (Å²) in [5.74, 6) is 0.0464. The molecular formula is C31H30F3N8O3+. The van der Waals surface area contributed by atoms with Gasteiger partial charge in [-0.05, 0) is 55.5 Å². The van der Waals surface area contributed by atoms with Gasteiger partial charge in [-0.25, -0.2) is 14.3 Å². The van der Waals surface area contributed by atoms with E-state index in [4.69, 9.17) is 4.42 Å². The van der Waals surface area contributed by atoms with Crippen LogP contribution >= 0.6 is 0 Å². The standard InChI is InChI=1S/C31H29F3N8O3/c1-19(29-36-17-24(45-29)18-42(3,4)5)38-28(43)26-27(25-13-14-37-40(25)22-11-9-20(16-35)10-12-22)39(2)41(30(26)44)23-8-6-7-21(15-23)31(32,33)34/h6-15,17,19H,18H2,1-5H3/p+1. The number of nitriles is 1. The highest BCUT2D eigenvalue weighted by atomic mass is 19.4. The molecule has 0 aliphatic carbocycles. The van der Waals surface area contributed by atoms with Crippen molar-refractivity contribution in [2.75, 3.05) is 21.1 Å². The smallest absolute Gasteiger partial charge is 0.416 e. The van der Waals surface area contributed by atoms with Crippen molar-refractivity contribution in [3.63, 3.8) is 0 Å². The van der Waals surface area contributed by atoms with E-state index in [1.807, 2.05) is 27.2 Å². The number of hydrogen-bond acceptors (Lipinski definition) is 6. The van der Waals surface area contributed by atoms with Crippen LogP contribution in [0.15, 0.2) is 76.2 Å². The van der Waals surface area contributed by atoms with Crippen LogP contribution in [0.25, 0.3) is 22.8 Å². The maximum Gasteiger partial charge on any atom is 0.416 e. The molecule has 0 spiro atoms. The Morgan fingerprint density at radius 2 is 1.82 bits per heavy atom. The van der Waals surface area contributed by atoms with E-state index in [1.54, 1.807) is 43.5 Å². The molecule has 1 amide bonds. The topological polar surface area (TPSA) is 124 Å². The molecule has 14 heteroatoms. The summed E-state index contributed by atoms with van der Waals surface area (Å²) in [7, 11) is 7.44. The SMILES string of the molecule is CC(NC(=O)c1c(-c2ccnn2-c2ccc(C#N)cc2)n(C)n(-c2cccc(C(F)(F)F)c2)c1=O)c1ncc(C[N+](C)(C)C)o1. The van der Waals surface area contributed by atoms with Crippen molar-refractivity contribution in [2.24, 2.45) is 7.05 Å². The molecule has 0 fully saturated rings. The molecule has 3 aromatic heterocycles. The first-order chi connectivity index (χ1) is 21.2. The average Bonchev–Trinajstić information content (AvgIpc) is 3.69. The maximum absolute atomic E-state index is 14.0. The van der Waals surface area contributed by atoms with Crippen molar-refractivity contribution >= 4 is 5.91 Å². The lowest BCUT2D eigenvalue weighted by molar-refractivity contribution is -0.884. The average molecular weight is 620 g/mol. The molecule has 0 aliphatic rings. The highest BCUT2D eigenvalue weighted by Gasteiger charge is 2.33. The molecule has 0 saturated carbocycles. The number of hydrogen-bond donors (Lipinski definition) is 1. The molecule has 1 unspecified atom stereocenters. The first-order valence-corrected chi connectivity index (χ1v) is 13.8. The zero-order valence-corrected chi connectivity index (χ0v) is 25.1. The van der Waals surface area contributed by atoms with Crippen molar-refractivity contribution in [1.29, 1.82) is 5.26 Å². The monoisotopic (exact) mass is 619 g/mol. The Kier molecular flexibility index (Phi) is 7.99. The lowest BCUT2D eigenvalue weighted by Gasteiger charge is -2.21. The van der Waals surface area contributed by atoms with Gasteiger partial charge >= 0.3 is 6.18 Å². The third kappa shape index (κ3) is 6.29. The highest BCUT2D eigenvalue weighted by molar-refractivity contribution is 6.00. The highest BCUT2D eigenvalue weighted by Crippen LogP contribution is 2.31. The summed E-state index contributed by atoms with van der Waals surface area (Å²) >= 11 is 0. The summed E-state index contributed by atoms with van der Waals surface area (Å²) in [4.78, 5) is 32.2. The molecule has 11 nitrogen and oxygen atoms in total. The maximum atomic E-state index is 14.0. The Morgan fingerprint density at radius 3 is 2.47 bits per heavy atom. The fourth-order valence-electron chi connectivity index (χ4n) is 4.97. The van der Waals surface area contributed by atoms with E-state index in [9.17, 15) is 28.0 Å². The number of nitrogens with zero attached hydrogens (tertiary/aromatic N) is 7. The molecule has 3 heterocycles. The zero-order valence-electron chi connectivity index (χ0n) is 25.1. The first kappa shape index (κ1) is 31.0. The van der Waals surface area contributed by atoms with Crippen LogP contribution in [-0.2, 0) is 19.8 Å². The van der Waals surface area contributed by atoms with E-state index in [1.165, 1.54) is 34.7 Å². The Bertz CT molecular complexity index is 1970. The summed E-state index contributed by atoms with van der Waals surface area (Å²) in [6.45, 7) is 2.20. The minimum absolute atomic E-state index is 0.0900. The van der Waals surface area contributed by atoms with E-state index in [-0.39, 0.29) is 22.8 Å². The number of quaternary nitrogens is 1. The van der Waals surface area contributed by atoms with Gasteiger partial charge in [-0.3, -0.25) is 14.3 Å². The van der Waals surface area contributed by atoms with Crippen LogP contribution in [-0.4, -0.2) is 55.7 Å². The van der Waals surface area contributed by atoms with Gasteiger partial charge in [-0.2, -0.15) is 23.5 Å². The summed E-state index contributed by atoms with van der Waals surface area (Å²) < 4.78 is 51.1. The van der Waals surface area contributed by atoms with Crippen LogP contribution in [0.4, 0.5) is 13.2 Å². The van der Waals surface area contributed by atoms with Gasteiger partial charge in [-0.1, -0.05) is 6.07 Å². The lowest BCUT2D eigenvalue weighted by atomic mass is 10.1. The number of carbonyl (C=O) groups excluding carboxylic acids is 1. The molecule has 0 saturated heterocycles. The molecule has 1 N–H and O–H groups in total. The number of aromatic nitrogens is 5. The van der Waals surface area contributed by atoms with Crippen LogP contribution in [0, 0.1) is 11.3 Å². The number of nitrogens with one attached hydrogen (secondary N) is 1. The van der Waals surface area contributed by atoms with E-state index in [0.717, 1.165) is 16.8 Å². The Morgan fingerprint density at radius 1 is 1.11 bits per heavy atom. The summed E-state index contributed by atoms with van der Waals surface area (Å²) in [5, 5.41) is 16.3. The second-order valence-corrected chi connectivity index (χ2v) is 11.5. The number of amides is 1. The fourth-order valence-corrected chi connectivity index (χ4v) is 4.97. The zero-order chi connectivity index (χ0) is 32.7. The molecule has 0 bridgehead atoms. The Labute approximate surface area is 255 Å². The van der Waals surface area contributed by atoms with Gasteiger partial charge < -0.3 is 14.2 Å². The normalized spacial score (nSPS) is 12.6. The number of carbonyl (C=O) groups is 1. The van der Waals surface area contributed by atoms with Gasteiger partial charge in [0.05, 0.1) is 67.8 Å². The quantitative estimate of drug-likeness (QED) is 0.253. The Hall–Kier alpha value is -5.42. The van der Waals surface area contributed by atoms with E-state index in [2.05, 4.69) is 15.4 Å². The molecule has 232 valence electrons. The number of halogens is 3. The summed E-state index contributed by atoms with van der Waals surface area (Å²) in [6, 6.07) is 13.6. The molecule has 2 aromatic carbocycles. The number of alkyl halides is 3. The number of oxazole rings is 1. The molecule has 0 aliphatic heterocycles. The van der Waals surface area contributed by atoms with Gasteiger partial charge in [0, 0.05) is 7.05 Å². The molecule has 0 radical (unpaired) electrons.